The summed E-state index contributed by atoms with van der Waals surface area (Å²) in [5, 5.41) is 11.6. The zero-order valence-electron chi connectivity index (χ0n) is 28.2. The van der Waals surface area contributed by atoms with Gasteiger partial charge in [0, 0.05) is 17.1 Å². The number of methoxy groups -OCH3 is 1. The number of fused-ring (bicyclic) bond motifs is 4. The van der Waals surface area contributed by atoms with Gasteiger partial charge >= 0.3 is 6.18 Å². The number of aromatic hydroxyl groups is 1. The highest BCUT2D eigenvalue weighted by Crippen LogP contribution is 2.64. The molecule has 2 aliphatic heterocycles. The Hall–Kier alpha value is -5.40. The normalized spacial score (nSPS) is 26.3. The molecule has 0 spiro atoms. The predicted molar refractivity (Wildman–Crippen MR) is 190 cm³/mol. The first-order chi connectivity index (χ1) is 25.8. The van der Waals surface area contributed by atoms with Crippen LogP contribution in [0.2, 0.25) is 10.0 Å². The van der Waals surface area contributed by atoms with Gasteiger partial charge in [0.1, 0.15) is 0 Å². The molecular weight excluding hydrogens is 748 g/mol. The number of hydrogen-bond donors (Lipinski definition) is 2. The second-order valence-electron chi connectivity index (χ2n) is 13.7. The van der Waals surface area contributed by atoms with Gasteiger partial charge in [-0.3, -0.25) is 29.5 Å². The molecule has 2 aliphatic carbocycles. The van der Waals surface area contributed by atoms with Gasteiger partial charge in [-0.2, -0.15) is 18.2 Å². The number of benzene rings is 3. The molecule has 276 valence electrons. The number of nitrogens with one attached hydrogen (secondary N) is 1. The number of ether oxygens (including phenoxy) is 1. The zero-order chi connectivity index (χ0) is 38.3. The minimum absolute atomic E-state index is 0.0488. The number of nitrogens with zero attached hydrogens (tertiary/aromatic N) is 3. The van der Waals surface area contributed by atoms with E-state index >= 15 is 4.79 Å². The molecule has 54 heavy (non-hydrogen) atoms. The van der Waals surface area contributed by atoms with Crippen molar-refractivity contribution in [3.05, 3.63) is 123 Å². The molecule has 3 fully saturated rings. The number of hydrazine groups is 1. The quantitative estimate of drug-likeness (QED) is 0.154. The summed E-state index contributed by atoms with van der Waals surface area (Å²) >= 11 is 12.6. The summed E-state index contributed by atoms with van der Waals surface area (Å²) in [6.45, 7) is 0. The van der Waals surface area contributed by atoms with Crippen molar-refractivity contribution in [1.82, 2.24) is 9.99 Å². The number of imide groups is 2. The van der Waals surface area contributed by atoms with Crippen molar-refractivity contribution in [3.63, 3.8) is 0 Å². The first-order valence-corrected chi connectivity index (χ1v) is 17.7. The van der Waals surface area contributed by atoms with Gasteiger partial charge in [-0.05, 0) is 72.4 Å². The van der Waals surface area contributed by atoms with E-state index in [1.165, 1.54) is 24.1 Å². The fourth-order valence-electron chi connectivity index (χ4n) is 8.88. The van der Waals surface area contributed by atoms with Crippen LogP contribution >= 0.6 is 23.2 Å². The molecule has 6 unspecified atom stereocenters. The number of rotatable bonds is 6. The van der Waals surface area contributed by atoms with E-state index < -0.39 is 69.5 Å². The average molecular weight is 778 g/mol. The van der Waals surface area contributed by atoms with Gasteiger partial charge in [-0.15, -0.1) is 0 Å². The Morgan fingerprint density at radius 2 is 1.65 bits per heavy atom. The largest absolute Gasteiger partial charge is 0.504 e. The van der Waals surface area contributed by atoms with Crippen LogP contribution in [0.15, 0.2) is 96.7 Å². The van der Waals surface area contributed by atoms with Gasteiger partial charge in [0.05, 0.1) is 46.6 Å². The number of pyridine rings is 1. The van der Waals surface area contributed by atoms with Crippen LogP contribution in [0.5, 0.6) is 11.5 Å². The number of halogens is 5. The number of carbonyl (C=O) groups is 4. The molecule has 0 radical (unpaired) electrons. The third-order valence-corrected chi connectivity index (χ3v) is 11.6. The van der Waals surface area contributed by atoms with Crippen LogP contribution in [0.3, 0.4) is 0 Å². The molecular formula is C39H29Cl2F3N4O6. The maximum Gasteiger partial charge on any atom is 0.417 e. The van der Waals surface area contributed by atoms with Crippen molar-refractivity contribution in [2.24, 2.45) is 23.7 Å². The lowest BCUT2D eigenvalue weighted by Crippen LogP contribution is -2.53. The average Bonchev–Trinajstić information content (AvgIpc) is 3.53. The van der Waals surface area contributed by atoms with E-state index in [9.17, 15) is 32.7 Å². The van der Waals surface area contributed by atoms with E-state index in [0.29, 0.717) is 44.7 Å². The highest BCUT2D eigenvalue weighted by atomic mass is 35.5. The molecule has 1 saturated carbocycles. The minimum atomic E-state index is -4.75. The van der Waals surface area contributed by atoms with Crippen molar-refractivity contribution >= 4 is 58.3 Å². The van der Waals surface area contributed by atoms with Crippen molar-refractivity contribution < 1.29 is 42.2 Å². The number of allylic oxidation sites excluding steroid dienone is 2. The van der Waals surface area contributed by atoms with Crippen LogP contribution < -0.4 is 15.1 Å². The van der Waals surface area contributed by atoms with Gasteiger partial charge in [0.15, 0.2) is 17.3 Å². The number of carbonyl (C=O) groups excluding carboxylic acids is 4. The van der Waals surface area contributed by atoms with Gasteiger partial charge in [0.2, 0.25) is 11.8 Å². The zero-order valence-corrected chi connectivity index (χ0v) is 29.7. The van der Waals surface area contributed by atoms with E-state index in [2.05, 4.69) is 10.4 Å². The molecule has 15 heteroatoms. The number of aromatic nitrogens is 1. The lowest BCUT2D eigenvalue weighted by Gasteiger charge is -2.50. The molecule has 3 aromatic carbocycles. The number of anilines is 2. The fourth-order valence-corrected chi connectivity index (χ4v) is 9.21. The van der Waals surface area contributed by atoms with Crippen LogP contribution in [0.1, 0.15) is 35.4 Å². The second kappa shape index (κ2) is 12.9. The molecule has 2 saturated heterocycles. The Labute approximate surface area is 316 Å². The van der Waals surface area contributed by atoms with E-state index in [1.807, 2.05) is 6.08 Å². The first-order valence-electron chi connectivity index (χ1n) is 16.9. The number of para-hydroxylation sites is 1. The summed E-state index contributed by atoms with van der Waals surface area (Å²) in [6.07, 6.45) is -2.25. The van der Waals surface area contributed by atoms with Crippen molar-refractivity contribution in [1.29, 1.82) is 0 Å². The molecule has 4 amide bonds. The molecule has 4 aromatic rings. The Morgan fingerprint density at radius 3 is 2.30 bits per heavy atom. The van der Waals surface area contributed by atoms with Crippen molar-refractivity contribution in [2.45, 2.75) is 30.4 Å². The summed E-state index contributed by atoms with van der Waals surface area (Å²) in [5.41, 5.74) is 1.54. The summed E-state index contributed by atoms with van der Waals surface area (Å²) in [7, 11) is 1.38. The number of phenolic OH excluding ortho intramolecular Hbond substituents is 1. The number of amides is 4. The molecule has 6 atom stereocenters. The SMILES string of the molecule is COc1ccc(C2C3=CCC4C(=O)N(c5ccccc5)C(=O)C4C3CC3C(=O)N(Nc4ncc(C(F)(F)F)cc4Cl)C(=O)C32c2ccc(Cl)cc2)cc1O. The monoisotopic (exact) mass is 776 g/mol. The number of phenols is 1. The molecule has 8 rings (SSSR count). The molecule has 3 heterocycles. The number of hydrogen-bond acceptors (Lipinski definition) is 8. The van der Waals surface area contributed by atoms with Gasteiger partial charge in [-0.25, -0.2) is 4.98 Å². The summed E-state index contributed by atoms with van der Waals surface area (Å²) in [5.74, 6) is -7.35. The Balaban J connectivity index is 1.32. The highest BCUT2D eigenvalue weighted by Gasteiger charge is 2.70. The fraction of sp³-hybridized carbons (Fsp3) is 0.256. The van der Waals surface area contributed by atoms with E-state index in [4.69, 9.17) is 27.9 Å². The molecule has 0 bridgehead atoms. The van der Waals surface area contributed by atoms with Crippen LogP contribution in [0.4, 0.5) is 24.7 Å². The van der Waals surface area contributed by atoms with Crippen molar-refractivity contribution in [2.75, 3.05) is 17.4 Å². The summed E-state index contributed by atoms with van der Waals surface area (Å²) in [4.78, 5) is 63.3. The minimum Gasteiger partial charge on any atom is -0.504 e. The van der Waals surface area contributed by atoms with Gasteiger partial charge < -0.3 is 9.84 Å². The third kappa shape index (κ3) is 5.27. The predicted octanol–water partition coefficient (Wildman–Crippen LogP) is 7.31. The van der Waals surface area contributed by atoms with Crippen LogP contribution in [0.25, 0.3) is 0 Å². The molecule has 10 nitrogen and oxygen atoms in total. The van der Waals surface area contributed by atoms with E-state index in [1.54, 1.807) is 60.7 Å². The number of alkyl halides is 3. The molecule has 2 N–H and O–H groups in total. The summed E-state index contributed by atoms with van der Waals surface area (Å²) < 4.78 is 45.7. The van der Waals surface area contributed by atoms with Gasteiger partial charge in [-0.1, -0.05) is 71.2 Å². The lowest BCUT2D eigenvalue weighted by molar-refractivity contribution is -0.139. The van der Waals surface area contributed by atoms with Crippen molar-refractivity contribution in [3.8, 4) is 11.5 Å². The topological polar surface area (TPSA) is 129 Å². The Morgan fingerprint density at radius 1 is 0.926 bits per heavy atom. The van der Waals surface area contributed by atoms with E-state index in [0.717, 1.165) is 0 Å². The highest BCUT2D eigenvalue weighted by molar-refractivity contribution is 6.33. The first kappa shape index (κ1) is 35.6. The lowest BCUT2D eigenvalue weighted by atomic mass is 9.49. The summed E-state index contributed by atoms with van der Waals surface area (Å²) in [6, 6.07) is 20.2. The second-order valence-corrected chi connectivity index (χ2v) is 14.5. The Kier molecular flexibility index (Phi) is 8.49. The van der Waals surface area contributed by atoms with Crippen LogP contribution in [-0.4, -0.2) is 45.8 Å². The van der Waals surface area contributed by atoms with Crippen LogP contribution in [-0.2, 0) is 30.8 Å². The smallest absolute Gasteiger partial charge is 0.417 e. The maximum atomic E-state index is 15.3. The van der Waals surface area contributed by atoms with E-state index in [-0.39, 0.29) is 36.1 Å². The maximum absolute atomic E-state index is 15.3. The standard InChI is InChI=1S/C39H29Cl2F3N4O6/c1-54-30-14-7-19(15-29(30)49)32-24-12-13-25-31(36(52)47(34(25)50)23-5-3-2-4-6-23)26(24)17-27-35(51)48(37(53)38(27,32)20-8-10-22(40)11-9-20)46-33-28(41)16-21(18-45-33)39(42,43)44/h2-12,14-16,18,25-27,31-32,49H,13,17H2,1H3,(H,45,46). The molecule has 1 aromatic heterocycles. The van der Waals surface area contributed by atoms with Gasteiger partial charge in [0.25, 0.3) is 11.8 Å². The third-order valence-electron chi connectivity index (χ3n) is 11.1. The van der Waals surface area contributed by atoms with Crippen LogP contribution in [0, 0.1) is 23.7 Å². The Bertz CT molecular complexity index is 2270. The molecule has 4 aliphatic rings.